The predicted octanol–water partition coefficient (Wildman–Crippen LogP) is 3.62. The highest BCUT2D eigenvalue weighted by Crippen LogP contribution is 2.33. The minimum absolute atomic E-state index is 0.211. The summed E-state index contributed by atoms with van der Waals surface area (Å²) in [5.74, 6) is 0.792. The molecule has 7 nitrogen and oxygen atoms in total. The highest BCUT2D eigenvalue weighted by atomic mass is 16.5. The van der Waals surface area contributed by atoms with Crippen molar-refractivity contribution in [3.05, 3.63) is 53.6 Å². The zero-order valence-electron chi connectivity index (χ0n) is 16.7. The molecule has 0 radical (unpaired) electrons. The third kappa shape index (κ3) is 3.89. The van der Waals surface area contributed by atoms with Crippen molar-refractivity contribution < 1.29 is 14.3 Å². The number of hydrogen-bond donors (Lipinski definition) is 3. The van der Waals surface area contributed by atoms with E-state index in [0.717, 1.165) is 58.5 Å². The first kappa shape index (κ1) is 18.7. The van der Waals surface area contributed by atoms with Gasteiger partial charge in [0, 0.05) is 24.0 Å². The van der Waals surface area contributed by atoms with Gasteiger partial charge in [-0.25, -0.2) is 4.79 Å². The van der Waals surface area contributed by atoms with Crippen molar-refractivity contribution in [2.75, 3.05) is 26.2 Å². The summed E-state index contributed by atoms with van der Waals surface area (Å²) in [5.41, 5.74) is 6.19. The van der Waals surface area contributed by atoms with Gasteiger partial charge in [0.2, 0.25) is 0 Å². The Balaban J connectivity index is 1.63. The second-order valence-corrected chi connectivity index (χ2v) is 7.59. The molecule has 30 heavy (non-hydrogen) atoms. The first-order chi connectivity index (χ1) is 14.8. The van der Waals surface area contributed by atoms with Crippen LogP contribution in [0.2, 0.25) is 0 Å². The van der Waals surface area contributed by atoms with E-state index in [2.05, 4.69) is 39.0 Å². The normalized spacial score (nSPS) is 17.3. The van der Waals surface area contributed by atoms with E-state index in [1.165, 1.54) is 5.57 Å². The Morgan fingerprint density at radius 3 is 2.83 bits per heavy atom. The Hall–Kier alpha value is -3.32. The smallest absolute Gasteiger partial charge is 0.407 e. The van der Waals surface area contributed by atoms with Crippen molar-refractivity contribution in [3.63, 3.8) is 0 Å². The lowest BCUT2D eigenvalue weighted by Crippen LogP contribution is -2.26. The molecular weight excluding hydrogens is 380 g/mol. The summed E-state index contributed by atoms with van der Waals surface area (Å²) in [4.78, 5) is 12.1. The van der Waals surface area contributed by atoms with Gasteiger partial charge in [0.25, 0.3) is 0 Å². The maximum atomic E-state index is 12.1. The number of cyclic esters (lactones) is 1. The van der Waals surface area contributed by atoms with E-state index in [1.807, 2.05) is 24.3 Å². The summed E-state index contributed by atoms with van der Waals surface area (Å²) < 4.78 is 11.3. The van der Waals surface area contributed by atoms with E-state index in [4.69, 9.17) is 9.47 Å². The maximum absolute atomic E-state index is 12.1. The van der Waals surface area contributed by atoms with Crippen molar-refractivity contribution >= 4 is 22.6 Å². The molecular formula is C23H24N4O3. The second kappa shape index (κ2) is 8.20. The van der Waals surface area contributed by atoms with E-state index < -0.39 is 6.09 Å². The number of carbonyl (C=O) groups is 1. The minimum atomic E-state index is -0.416. The van der Waals surface area contributed by atoms with Crippen LogP contribution in [0.1, 0.15) is 24.0 Å². The van der Waals surface area contributed by atoms with Gasteiger partial charge in [-0.1, -0.05) is 6.08 Å². The van der Waals surface area contributed by atoms with E-state index in [1.54, 1.807) is 0 Å². The SMILES string of the molecule is O=C1NCCCOc2ccc3[nH]nc(c3c2)-c2cc(cc(C3=CCNCC3)c2)CO1. The van der Waals surface area contributed by atoms with Crippen LogP contribution >= 0.6 is 0 Å². The number of aromatic amines is 1. The molecule has 1 amide bonds. The van der Waals surface area contributed by atoms with Crippen molar-refractivity contribution in [1.29, 1.82) is 0 Å². The zero-order chi connectivity index (χ0) is 20.3. The summed E-state index contributed by atoms with van der Waals surface area (Å²) in [6.45, 7) is 3.04. The fourth-order valence-electron chi connectivity index (χ4n) is 3.94. The minimum Gasteiger partial charge on any atom is -0.494 e. The fraction of sp³-hybridized carbons (Fsp3) is 0.304. The molecule has 4 bridgehead atoms. The number of ether oxygens (including phenoxy) is 2. The average Bonchev–Trinajstić information content (AvgIpc) is 3.21. The van der Waals surface area contributed by atoms with E-state index in [0.29, 0.717) is 19.6 Å². The Morgan fingerprint density at radius 1 is 1.00 bits per heavy atom. The molecule has 5 rings (SSSR count). The number of hydrogen-bond acceptors (Lipinski definition) is 5. The monoisotopic (exact) mass is 404 g/mol. The number of alkyl carbamates (subject to hydrolysis) is 1. The molecule has 0 unspecified atom stereocenters. The molecule has 0 atom stereocenters. The molecule has 0 saturated carbocycles. The number of amides is 1. The number of nitrogens with zero attached hydrogens (tertiary/aromatic N) is 1. The van der Waals surface area contributed by atoms with Crippen molar-refractivity contribution in [2.45, 2.75) is 19.4 Å². The molecule has 7 heteroatoms. The Bertz CT molecular complexity index is 1120. The van der Waals surface area contributed by atoms with Gasteiger partial charge in [0.05, 0.1) is 12.1 Å². The van der Waals surface area contributed by atoms with Crippen LogP contribution in [0.3, 0.4) is 0 Å². The van der Waals surface area contributed by atoms with Crippen molar-refractivity contribution in [3.8, 4) is 17.0 Å². The standard InChI is InChI=1S/C23H24N4O3/c28-23-25-6-1-9-29-19-2-3-21-20(13-19)22(27-26-21)18-11-15(14-30-23)10-17(12-18)16-4-7-24-8-5-16/h2-4,10-13,24H,1,5-9,14H2,(H,25,28)(H,26,27). The first-order valence-corrected chi connectivity index (χ1v) is 10.3. The molecule has 3 N–H and O–H groups in total. The number of H-pyrrole nitrogens is 1. The molecule has 2 aliphatic rings. The van der Waals surface area contributed by atoms with Crippen LogP contribution in [0.4, 0.5) is 4.79 Å². The van der Waals surface area contributed by atoms with Crippen LogP contribution in [0, 0.1) is 0 Å². The fourth-order valence-corrected chi connectivity index (χ4v) is 3.94. The van der Waals surface area contributed by atoms with Crippen molar-refractivity contribution in [2.24, 2.45) is 0 Å². The van der Waals surface area contributed by atoms with Gasteiger partial charge in [-0.2, -0.15) is 5.10 Å². The highest BCUT2D eigenvalue weighted by molar-refractivity contribution is 5.94. The van der Waals surface area contributed by atoms with Gasteiger partial charge >= 0.3 is 6.09 Å². The molecule has 0 fully saturated rings. The van der Waals surface area contributed by atoms with Crippen LogP contribution in [-0.4, -0.2) is 42.5 Å². The molecule has 2 aromatic carbocycles. The molecule has 3 heterocycles. The van der Waals surface area contributed by atoms with E-state index in [9.17, 15) is 4.79 Å². The quantitative estimate of drug-likeness (QED) is 0.577. The summed E-state index contributed by atoms with van der Waals surface area (Å²) in [7, 11) is 0. The van der Waals surface area contributed by atoms with Crippen LogP contribution in [0.25, 0.3) is 27.7 Å². The van der Waals surface area contributed by atoms with Crippen LogP contribution in [-0.2, 0) is 11.3 Å². The number of benzene rings is 2. The molecule has 1 aromatic heterocycles. The van der Waals surface area contributed by atoms with E-state index >= 15 is 0 Å². The lowest BCUT2D eigenvalue weighted by Gasteiger charge is -2.16. The summed E-state index contributed by atoms with van der Waals surface area (Å²) in [5, 5.41) is 14.9. The van der Waals surface area contributed by atoms with Gasteiger partial charge < -0.3 is 20.1 Å². The number of aromatic nitrogens is 2. The summed E-state index contributed by atoms with van der Waals surface area (Å²) in [6.07, 6.45) is 3.46. The Labute approximate surface area is 174 Å². The third-order valence-electron chi connectivity index (χ3n) is 5.46. The van der Waals surface area contributed by atoms with Crippen LogP contribution < -0.4 is 15.4 Å². The van der Waals surface area contributed by atoms with Crippen LogP contribution in [0.15, 0.2) is 42.5 Å². The van der Waals surface area contributed by atoms with Gasteiger partial charge in [-0.3, -0.25) is 5.10 Å². The molecule has 0 saturated heterocycles. The second-order valence-electron chi connectivity index (χ2n) is 7.59. The number of fused-ring (bicyclic) bond motifs is 4. The Morgan fingerprint density at radius 2 is 1.93 bits per heavy atom. The predicted molar refractivity (Wildman–Crippen MR) is 115 cm³/mol. The largest absolute Gasteiger partial charge is 0.494 e. The molecule has 3 aromatic rings. The van der Waals surface area contributed by atoms with Gasteiger partial charge in [0.15, 0.2) is 0 Å². The van der Waals surface area contributed by atoms with Crippen molar-refractivity contribution in [1.82, 2.24) is 20.8 Å². The highest BCUT2D eigenvalue weighted by Gasteiger charge is 2.15. The molecule has 154 valence electrons. The first-order valence-electron chi connectivity index (χ1n) is 10.3. The lowest BCUT2D eigenvalue weighted by molar-refractivity contribution is 0.139. The zero-order valence-corrected chi connectivity index (χ0v) is 16.7. The molecule has 2 aliphatic heterocycles. The summed E-state index contributed by atoms with van der Waals surface area (Å²) >= 11 is 0. The molecule has 0 aliphatic carbocycles. The van der Waals surface area contributed by atoms with Gasteiger partial charge in [-0.05, 0) is 72.5 Å². The number of nitrogens with one attached hydrogen (secondary N) is 3. The summed E-state index contributed by atoms with van der Waals surface area (Å²) in [6, 6.07) is 12.3. The van der Waals surface area contributed by atoms with Gasteiger partial charge in [0.1, 0.15) is 18.1 Å². The maximum Gasteiger partial charge on any atom is 0.407 e. The van der Waals surface area contributed by atoms with E-state index in [-0.39, 0.29) is 6.61 Å². The number of carbonyl (C=O) groups excluding carboxylic acids is 1. The number of rotatable bonds is 1. The van der Waals surface area contributed by atoms with Gasteiger partial charge in [-0.15, -0.1) is 0 Å². The Kier molecular flexibility index (Phi) is 5.11. The van der Waals surface area contributed by atoms with Crippen LogP contribution in [0.5, 0.6) is 5.75 Å². The molecule has 0 spiro atoms. The average molecular weight is 404 g/mol. The third-order valence-corrected chi connectivity index (χ3v) is 5.46. The topological polar surface area (TPSA) is 88.3 Å². The lowest BCUT2D eigenvalue weighted by atomic mass is 9.94.